The van der Waals surface area contributed by atoms with Crippen molar-refractivity contribution in [2.75, 3.05) is 13.1 Å². The van der Waals surface area contributed by atoms with Gasteiger partial charge in [0, 0.05) is 12.1 Å². The molecule has 0 aromatic rings. The van der Waals surface area contributed by atoms with Gasteiger partial charge < -0.3 is 10.6 Å². The average molecular weight is 256 g/mol. The fourth-order valence-corrected chi connectivity index (χ4v) is 1.80. The molecule has 0 aliphatic heterocycles. The van der Waals surface area contributed by atoms with Gasteiger partial charge in [-0.25, -0.2) is 0 Å². The molecule has 0 aliphatic rings. The Hall–Kier alpha value is -0.0800. The van der Waals surface area contributed by atoms with Gasteiger partial charge in [0.05, 0.1) is 0 Å². The fourth-order valence-electron chi connectivity index (χ4n) is 1.80. The Morgan fingerprint density at radius 3 is 1.61 bits per heavy atom. The summed E-state index contributed by atoms with van der Waals surface area (Å²) < 4.78 is 0. The minimum atomic E-state index is 0.377. The molecule has 18 heavy (non-hydrogen) atoms. The highest BCUT2D eigenvalue weighted by Gasteiger charge is 2.18. The Balaban J connectivity index is 3.22. The van der Waals surface area contributed by atoms with E-state index >= 15 is 0 Å². The van der Waals surface area contributed by atoms with E-state index in [1.54, 1.807) is 0 Å². The van der Waals surface area contributed by atoms with Crippen LogP contribution in [-0.2, 0) is 0 Å². The van der Waals surface area contributed by atoms with Crippen LogP contribution in [0.3, 0.4) is 0 Å². The van der Waals surface area contributed by atoms with Crippen molar-refractivity contribution < 1.29 is 0 Å². The molecule has 0 aromatic heterocycles. The highest BCUT2D eigenvalue weighted by atomic mass is 14.9. The van der Waals surface area contributed by atoms with Crippen LogP contribution in [0.25, 0.3) is 0 Å². The van der Waals surface area contributed by atoms with Crippen molar-refractivity contribution in [1.82, 2.24) is 10.6 Å². The third-order valence-corrected chi connectivity index (χ3v) is 3.66. The van der Waals surface area contributed by atoms with Crippen molar-refractivity contribution in [3.05, 3.63) is 0 Å². The first-order valence-corrected chi connectivity index (χ1v) is 7.81. The van der Waals surface area contributed by atoms with Gasteiger partial charge in [-0.15, -0.1) is 0 Å². The Morgan fingerprint density at radius 2 is 1.17 bits per heavy atom. The summed E-state index contributed by atoms with van der Waals surface area (Å²) in [7, 11) is 0. The molecule has 1 unspecified atom stereocenters. The summed E-state index contributed by atoms with van der Waals surface area (Å²) in [5.74, 6) is 0. The van der Waals surface area contributed by atoms with Gasteiger partial charge in [0.15, 0.2) is 0 Å². The van der Waals surface area contributed by atoms with Gasteiger partial charge in [0.25, 0.3) is 0 Å². The van der Waals surface area contributed by atoms with Gasteiger partial charge in [-0.2, -0.15) is 0 Å². The predicted octanol–water partition coefficient (Wildman–Crippen LogP) is 3.96. The first-order valence-electron chi connectivity index (χ1n) is 7.81. The van der Waals surface area contributed by atoms with Crippen LogP contribution < -0.4 is 10.6 Å². The highest BCUT2D eigenvalue weighted by molar-refractivity contribution is 4.75. The van der Waals surface area contributed by atoms with E-state index in [1.807, 2.05) is 0 Å². The second-order valence-electron chi connectivity index (χ2n) is 6.92. The molecule has 0 saturated heterocycles. The zero-order valence-corrected chi connectivity index (χ0v) is 13.6. The Bertz CT molecular complexity index is 182. The van der Waals surface area contributed by atoms with Crippen molar-refractivity contribution in [1.29, 1.82) is 0 Å². The zero-order chi connectivity index (χ0) is 14.0. The van der Waals surface area contributed by atoms with Crippen molar-refractivity contribution >= 4 is 0 Å². The molecule has 0 saturated carbocycles. The van der Waals surface area contributed by atoms with Crippen LogP contribution in [0, 0.1) is 5.41 Å². The second-order valence-corrected chi connectivity index (χ2v) is 6.92. The number of unbranched alkanes of at least 4 members (excludes halogenated alkanes) is 4. The minimum absolute atomic E-state index is 0.377. The largest absolute Gasteiger partial charge is 0.315 e. The third kappa shape index (κ3) is 11.0. The van der Waals surface area contributed by atoms with E-state index in [1.165, 1.54) is 45.2 Å². The highest BCUT2D eigenvalue weighted by Crippen LogP contribution is 2.18. The fraction of sp³-hybridized carbons (Fsp3) is 1.00. The summed E-state index contributed by atoms with van der Waals surface area (Å²) in [6.07, 6.45) is 6.76. The zero-order valence-electron chi connectivity index (χ0n) is 13.6. The molecule has 2 N–H and O–H groups in total. The van der Waals surface area contributed by atoms with Crippen LogP contribution in [0.4, 0.5) is 0 Å². The van der Waals surface area contributed by atoms with Crippen molar-refractivity contribution in [3.8, 4) is 0 Å². The quantitative estimate of drug-likeness (QED) is 0.578. The van der Waals surface area contributed by atoms with E-state index in [9.17, 15) is 0 Å². The molecular formula is C16H36N2. The molecule has 2 heteroatoms. The normalized spacial score (nSPS) is 14.2. The summed E-state index contributed by atoms with van der Waals surface area (Å²) in [6, 6.07) is 1.24. The van der Waals surface area contributed by atoms with E-state index < -0.39 is 0 Å². The molecule has 110 valence electrons. The van der Waals surface area contributed by atoms with Crippen molar-refractivity contribution in [2.24, 2.45) is 5.41 Å². The van der Waals surface area contributed by atoms with Crippen LogP contribution in [-0.4, -0.2) is 25.2 Å². The van der Waals surface area contributed by atoms with Crippen molar-refractivity contribution in [3.63, 3.8) is 0 Å². The molecule has 0 heterocycles. The number of nitrogens with one attached hydrogen (secondary N) is 2. The molecule has 0 fully saturated rings. The maximum Gasteiger partial charge on any atom is 0.00872 e. The molecule has 1 atom stereocenters. The summed E-state index contributed by atoms with van der Waals surface area (Å²) in [5, 5.41) is 7.09. The summed E-state index contributed by atoms with van der Waals surface area (Å²) in [6.45, 7) is 16.0. The molecule has 0 amide bonds. The first kappa shape index (κ1) is 17.9. The van der Waals surface area contributed by atoms with Crippen LogP contribution in [0.1, 0.15) is 73.6 Å². The molecule has 0 rings (SSSR count). The second kappa shape index (κ2) is 9.80. The van der Waals surface area contributed by atoms with Crippen LogP contribution in [0.15, 0.2) is 0 Å². The van der Waals surface area contributed by atoms with Gasteiger partial charge in [0.2, 0.25) is 0 Å². The number of hydrogen-bond donors (Lipinski definition) is 2. The van der Waals surface area contributed by atoms with E-state index in [4.69, 9.17) is 0 Å². The van der Waals surface area contributed by atoms with E-state index in [2.05, 4.69) is 52.2 Å². The Kier molecular flexibility index (Phi) is 9.76. The monoisotopic (exact) mass is 256 g/mol. The molecule has 0 aliphatic carbocycles. The third-order valence-electron chi connectivity index (χ3n) is 3.66. The summed E-state index contributed by atoms with van der Waals surface area (Å²) in [5.41, 5.74) is 0.377. The smallest absolute Gasteiger partial charge is 0.00872 e. The van der Waals surface area contributed by atoms with E-state index in [0.717, 1.165) is 0 Å². The lowest BCUT2D eigenvalue weighted by Crippen LogP contribution is -2.38. The SMILES string of the molecule is CC(C)NCCCCCCCNC(C)C(C)(C)C. The van der Waals surface area contributed by atoms with Gasteiger partial charge in [0.1, 0.15) is 0 Å². The molecule has 0 bridgehead atoms. The van der Waals surface area contributed by atoms with Gasteiger partial charge in [-0.1, -0.05) is 53.9 Å². The molecule has 2 nitrogen and oxygen atoms in total. The van der Waals surface area contributed by atoms with Gasteiger partial charge in [-0.3, -0.25) is 0 Å². The number of hydrogen-bond acceptors (Lipinski definition) is 2. The van der Waals surface area contributed by atoms with E-state index in [0.29, 0.717) is 17.5 Å². The van der Waals surface area contributed by atoms with Crippen LogP contribution in [0.2, 0.25) is 0 Å². The maximum atomic E-state index is 3.63. The molecule has 0 aromatic carbocycles. The summed E-state index contributed by atoms with van der Waals surface area (Å²) in [4.78, 5) is 0. The minimum Gasteiger partial charge on any atom is -0.315 e. The van der Waals surface area contributed by atoms with Gasteiger partial charge in [-0.05, 0) is 38.3 Å². The van der Waals surface area contributed by atoms with Crippen molar-refractivity contribution in [2.45, 2.75) is 85.7 Å². The van der Waals surface area contributed by atoms with E-state index in [-0.39, 0.29) is 0 Å². The Labute approximate surface area is 115 Å². The lowest BCUT2D eigenvalue weighted by Gasteiger charge is -2.28. The first-order chi connectivity index (χ1) is 8.34. The Morgan fingerprint density at radius 1 is 0.722 bits per heavy atom. The lowest BCUT2D eigenvalue weighted by atomic mass is 9.88. The average Bonchev–Trinajstić information content (AvgIpc) is 2.24. The van der Waals surface area contributed by atoms with Gasteiger partial charge >= 0.3 is 0 Å². The lowest BCUT2D eigenvalue weighted by molar-refractivity contribution is 0.285. The predicted molar refractivity (Wildman–Crippen MR) is 83.1 cm³/mol. The topological polar surface area (TPSA) is 24.1 Å². The molecule has 0 radical (unpaired) electrons. The standard InChI is InChI=1S/C16H36N2/c1-14(2)17-12-10-8-7-9-11-13-18-15(3)16(4,5)6/h14-15,17-18H,7-13H2,1-6H3. The number of rotatable bonds is 10. The summed E-state index contributed by atoms with van der Waals surface area (Å²) >= 11 is 0. The molecular weight excluding hydrogens is 220 g/mol. The maximum absolute atomic E-state index is 3.63. The molecule has 0 spiro atoms. The van der Waals surface area contributed by atoms with Crippen LogP contribution in [0.5, 0.6) is 0 Å². The van der Waals surface area contributed by atoms with Crippen LogP contribution >= 0.6 is 0 Å².